The van der Waals surface area contributed by atoms with Gasteiger partial charge in [-0.15, -0.1) is 12.4 Å². The molecule has 0 bridgehead atoms. The van der Waals surface area contributed by atoms with Gasteiger partial charge in [0.1, 0.15) is 5.69 Å². The van der Waals surface area contributed by atoms with E-state index in [0.717, 1.165) is 55.5 Å². The van der Waals surface area contributed by atoms with Crippen LogP contribution in [-0.4, -0.2) is 29.7 Å². The molecule has 1 fully saturated rings. The molecule has 2 aromatic rings. The van der Waals surface area contributed by atoms with Crippen molar-refractivity contribution in [1.82, 2.24) is 10.1 Å². The van der Waals surface area contributed by atoms with Crippen LogP contribution < -0.4 is 5.73 Å². The molecule has 23 heavy (non-hydrogen) atoms. The third-order valence-corrected chi connectivity index (χ3v) is 4.46. The zero-order chi connectivity index (χ0) is 15.4. The second-order valence-corrected chi connectivity index (χ2v) is 6.37. The first-order chi connectivity index (χ1) is 10.7. The van der Waals surface area contributed by atoms with E-state index in [-0.39, 0.29) is 12.4 Å². The predicted octanol–water partition coefficient (Wildman–Crippen LogP) is 3.63. The van der Waals surface area contributed by atoms with Gasteiger partial charge in [-0.25, -0.2) is 0 Å². The lowest BCUT2D eigenvalue weighted by Gasteiger charge is -2.31. The van der Waals surface area contributed by atoms with Crippen molar-refractivity contribution in [3.05, 3.63) is 41.7 Å². The highest BCUT2D eigenvalue weighted by Gasteiger charge is 2.20. The van der Waals surface area contributed by atoms with E-state index in [2.05, 4.69) is 47.3 Å². The number of hydrogen-bond donors (Lipinski definition) is 1. The Morgan fingerprint density at radius 2 is 2.09 bits per heavy atom. The van der Waals surface area contributed by atoms with Crippen molar-refractivity contribution in [2.24, 2.45) is 11.7 Å². The van der Waals surface area contributed by atoms with Gasteiger partial charge < -0.3 is 10.3 Å². The van der Waals surface area contributed by atoms with Crippen molar-refractivity contribution in [3.8, 4) is 11.3 Å². The van der Waals surface area contributed by atoms with Crippen molar-refractivity contribution < 1.29 is 4.52 Å². The SMILES string of the molecule is Cc1ccc(-c2cc(CN3CCCC(CCN)C3)on2)cc1.Cl. The summed E-state index contributed by atoms with van der Waals surface area (Å²) in [5.41, 5.74) is 8.98. The first-order valence-corrected chi connectivity index (χ1v) is 8.19. The Labute approximate surface area is 144 Å². The summed E-state index contributed by atoms with van der Waals surface area (Å²) in [6, 6.07) is 10.5. The Balaban J connectivity index is 0.00000192. The molecule has 0 amide bonds. The Morgan fingerprint density at radius 3 is 2.83 bits per heavy atom. The quantitative estimate of drug-likeness (QED) is 0.906. The van der Waals surface area contributed by atoms with Gasteiger partial charge in [0.15, 0.2) is 5.76 Å². The molecule has 1 unspecified atom stereocenters. The maximum Gasteiger partial charge on any atom is 0.151 e. The van der Waals surface area contributed by atoms with Crippen molar-refractivity contribution >= 4 is 12.4 Å². The smallest absolute Gasteiger partial charge is 0.151 e. The molecule has 0 spiro atoms. The minimum absolute atomic E-state index is 0. The highest BCUT2D eigenvalue weighted by Crippen LogP contribution is 2.23. The van der Waals surface area contributed by atoms with Gasteiger partial charge in [0.2, 0.25) is 0 Å². The number of hydrogen-bond acceptors (Lipinski definition) is 4. The molecule has 0 radical (unpaired) electrons. The molecule has 1 saturated heterocycles. The highest BCUT2D eigenvalue weighted by molar-refractivity contribution is 5.85. The Hall–Kier alpha value is -1.36. The van der Waals surface area contributed by atoms with Crippen LogP contribution in [0.1, 0.15) is 30.6 Å². The number of benzene rings is 1. The lowest BCUT2D eigenvalue weighted by molar-refractivity contribution is 0.149. The number of likely N-dealkylation sites (tertiary alicyclic amines) is 1. The minimum Gasteiger partial charge on any atom is -0.359 e. The second kappa shape index (κ2) is 8.48. The highest BCUT2D eigenvalue weighted by atomic mass is 35.5. The summed E-state index contributed by atoms with van der Waals surface area (Å²) >= 11 is 0. The number of piperidine rings is 1. The molecule has 1 aromatic carbocycles. The Morgan fingerprint density at radius 1 is 1.30 bits per heavy atom. The van der Waals surface area contributed by atoms with E-state index >= 15 is 0 Å². The lowest BCUT2D eigenvalue weighted by atomic mass is 9.95. The number of nitrogens with zero attached hydrogens (tertiary/aromatic N) is 2. The number of nitrogens with two attached hydrogens (primary N) is 1. The molecule has 1 atom stereocenters. The maximum atomic E-state index is 5.69. The zero-order valence-corrected chi connectivity index (χ0v) is 14.5. The van der Waals surface area contributed by atoms with Crippen LogP contribution in [0.25, 0.3) is 11.3 Å². The van der Waals surface area contributed by atoms with Gasteiger partial charge >= 0.3 is 0 Å². The van der Waals surface area contributed by atoms with Crippen LogP contribution in [0.15, 0.2) is 34.9 Å². The third kappa shape index (κ3) is 4.80. The molecular formula is C18H26ClN3O. The molecule has 1 aliphatic heterocycles. The largest absolute Gasteiger partial charge is 0.359 e. The zero-order valence-electron chi connectivity index (χ0n) is 13.7. The fourth-order valence-electron chi connectivity index (χ4n) is 3.23. The minimum atomic E-state index is 0. The lowest BCUT2D eigenvalue weighted by Crippen LogP contribution is -2.35. The van der Waals surface area contributed by atoms with Crippen LogP contribution in [0, 0.1) is 12.8 Å². The molecule has 2 N–H and O–H groups in total. The average molecular weight is 336 g/mol. The van der Waals surface area contributed by atoms with Crippen LogP contribution in [-0.2, 0) is 6.54 Å². The van der Waals surface area contributed by atoms with Crippen LogP contribution in [0.2, 0.25) is 0 Å². The molecule has 5 heteroatoms. The fraction of sp³-hybridized carbons (Fsp3) is 0.500. The number of aromatic nitrogens is 1. The molecule has 126 valence electrons. The van der Waals surface area contributed by atoms with Crippen LogP contribution in [0.3, 0.4) is 0 Å². The first kappa shape index (κ1) is 18.0. The van der Waals surface area contributed by atoms with Crippen molar-refractivity contribution in [2.75, 3.05) is 19.6 Å². The van der Waals surface area contributed by atoms with Gasteiger partial charge in [0.05, 0.1) is 6.54 Å². The molecule has 0 saturated carbocycles. The van der Waals surface area contributed by atoms with Gasteiger partial charge in [0, 0.05) is 18.2 Å². The molecule has 4 nitrogen and oxygen atoms in total. The van der Waals surface area contributed by atoms with Gasteiger partial charge in [-0.1, -0.05) is 35.0 Å². The molecule has 2 heterocycles. The first-order valence-electron chi connectivity index (χ1n) is 8.19. The Kier molecular flexibility index (Phi) is 6.63. The summed E-state index contributed by atoms with van der Waals surface area (Å²) in [7, 11) is 0. The number of halogens is 1. The second-order valence-electron chi connectivity index (χ2n) is 6.37. The van der Waals surface area contributed by atoms with Crippen LogP contribution in [0.5, 0.6) is 0 Å². The van der Waals surface area contributed by atoms with Gasteiger partial charge in [-0.2, -0.15) is 0 Å². The topological polar surface area (TPSA) is 55.3 Å². The summed E-state index contributed by atoms with van der Waals surface area (Å²) in [5, 5.41) is 4.22. The van der Waals surface area contributed by atoms with Crippen LogP contribution in [0.4, 0.5) is 0 Å². The van der Waals surface area contributed by atoms with Gasteiger partial charge in [-0.05, 0) is 45.2 Å². The van der Waals surface area contributed by atoms with E-state index in [1.807, 2.05) is 0 Å². The van der Waals surface area contributed by atoms with E-state index in [9.17, 15) is 0 Å². The van der Waals surface area contributed by atoms with E-state index in [0.29, 0.717) is 0 Å². The molecule has 1 aromatic heterocycles. The summed E-state index contributed by atoms with van der Waals surface area (Å²) in [5.74, 6) is 1.68. The van der Waals surface area contributed by atoms with Crippen LogP contribution >= 0.6 is 12.4 Å². The van der Waals surface area contributed by atoms with Crippen molar-refractivity contribution in [1.29, 1.82) is 0 Å². The Bertz CT molecular complexity index is 595. The van der Waals surface area contributed by atoms with Gasteiger partial charge in [0.25, 0.3) is 0 Å². The van der Waals surface area contributed by atoms with Crippen molar-refractivity contribution in [3.63, 3.8) is 0 Å². The molecule has 1 aliphatic rings. The average Bonchev–Trinajstić information content (AvgIpc) is 2.97. The summed E-state index contributed by atoms with van der Waals surface area (Å²) in [6.07, 6.45) is 3.68. The summed E-state index contributed by atoms with van der Waals surface area (Å²) < 4.78 is 5.53. The molecular weight excluding hydrogens is 310 g/mol. The standard InChI is InChI=1S/C18H25N3O.ClH/c1-14-4-6-16(7-5-14)18-11-17(22-20-18)13-21-10-2-3-15(12-21)8-9-19;/h4-7,11,15H,2-3,8-10,12-13,19H2,1H3;1H. The predicted molar refractivity (Wildman–Crippen MR) is 95.6 cm³/mol. The normalized spacial score (nSPS) is 18.6. The fourth-order valence-corrected chi connectivity index (χ4v) is 3.23. The van der Waals surface area contributed by atoms with Crippen molar-refractivity contribution in [2.45, 2.75) is 32.7 Å². The monoisotopic (exact) mass is 335 g/mol. The molecule has 0 aliphatic carbocycles. The molecule has 3 rings (SSSR count). The summed E-state index contributed by atoms with van der Waals surface area (Å²) in [4.78, 5) is 2.46. The number of rotatable bonds is 5. The maximum absolute atomic E-state index is 5.69. The van der Waals surface area contributed by atoms with E-state index in [1.165, 1.54) is 18.4 Å². The van der Waals surface area contributed by atoms with E-state index in [4.69, 9.17) is 10.3 Å². The third-order valence-electron chi connectivity index (χ3n) is 4.46. The van der Waals surface area contributed by atoms with E-state index < -0.39 is 0 Å². The number of aryl methyl sites for hydroxylation is 1. The summed E-state index contributed by atoms with van der Waals surface area (Å²) in [6.45, 7) is 5.99. The van der Waals surface area contributed by atoms with E-state index in [1.54, 1.807) is 0 Å². The van der Waals surface area contributed by atoms with Gasteiger partial charge in [-0.3, -0.25) is 4.90 Å².